The number of urea groups is 1. The second-order valence-corrected chi connectivity index (χ2v) is 6.23. The number of benzene rings is 1. The van der Waals surface area contributed by atoms with E-state index in [1.165, 1.54) is 6.92 Å². The molecule has 0 aliphatic rings. The number of H-pyrrole nitrogens is 1. The lowest BCUT2D eigenvalue weighted by molar-refractivity contribution is -0.151. The van der Waals surface area contributed by atoms with Crippen molar-refractivity contribution in [2.75, 3.05) is 13.2 Å². The molecule has 9 nitrogen and oxygen atoms in total. The van der Waals surface area contributed by atoms with Gasteiger partial charge in [0.25, 0.3) is 5.91 Å². The van der Waals surface area contributed by atoms with E-state index in [9.17, 15) is 19.2 Å². The van der Waals surface area contributed by atoms with Crippen LogP contribution in [-0.2, 0) is 25.5 Å². The van der Waals surface area contributed by atoms with E-state index in [2.05, 4.69) is 20.9 Å². The second kappa shape index (κ2) is 10.1. The monoisotopic (exact) mass is 388 g/mol. The number of ether oxygens (including phenoxy) is 1. The molecule has 4 amide bonds. The molecule has 1 aromatic heterocycles. The fourth-order valence-electron chi connectivity index (χ4n) is 2.64. The van der Waals surface area contributed by atoms with Crippen molar-refractivity contribution in [1.29, 1.82) is 0 Å². The molecule has 1 aromatic carbocycles. The Morgan fingerprint density at radius 3 is 2.64 bits per heavy atom. The van der Waals surface area contributed by atoms with Crippen molar-refractivity contribution in [1.82, 2.24) is 20.9 Å². The summed E-state index contributed by atoms with van der Waals surface area (Å²) in [6.07, 6.45) is 2.68. The first-order valence-corrected chi connectivity index (χ1v) is 8.97. The van der Waals surface area contributed by atoms with Gasteiger partial charge in [-0.25, -0.2) is 9.59 Å². The van der Waals surface area contributed by atoms with Crippen LogP contribution in [-0.4, -0.2) is 48.0 Å². The number of amides is 4. The molecule has 9 heteroatoms. The fraction of sp³-hybridized carbons (Fsp3) is 0.368. The predicted molar refractivity (Wildman–Crippen MR) is 102 cm³/mol. The summed E-state index contributed by atoms with van der Waals surface area (Å²) in [4.78, 5) is 50.1. The van der Waals surface area contributed by atoms with E-state index in [1.54, 1.807) is 6.20 Å². The van der Waals surface area contributed by atoms with Crippen molar-refractivity contribution >= 4 is 34.7 Å². The molecule has 1 atom stereocenters. The van der Waals surface area contributed by atoms with Crippen LogP contribution >= 0.6 is 0 Å². The first-order valence-electron chi connectivity index (χ1n) is 8.97. The third-order valence-electron chi connectivity index (χ3n) is 3.89. The number of hydrogen-bond donors (Lipinski definition) is 4. The normalized spacial score (nSPS) is 11.5. The average molecular weight is 388 g/mol. The van der Waals surface area contributed by atoms with E-state index in [1.807, 2.05) is 31.2 Å². The Balaban J connectivity index is 1.96. The Kier molecular flexibility index (Phi) is 7.55. The highest BCUT2D eigenvalue weighted by molar-refractivity contribution is 5.96. The molecule has 0 radical (unpaired) electrons. The average Bonchev–Trinajstić information content (AvgIpc) is 3.06. The summed E-state index contributed by atoms with van der Waals surface area (Å²) >= 11 is 0. The third-order valence-corrected chi connectivity index (χ3v) is 3.89. The van der Waals surface area contributed by atoms with Gasteiger partial charge in [0.2, 0.25) is 5.91 Å². The summed E-state index contributed by atoms with van der Waals surface area (Å²) in [5.41, 5.74) is 1.74. The number of fused-ring (bicyclic) bond motifs is 1. The molecule has 4 N–H and O–H groups in total. The first-order chi connectivity index (χ1) is 13.4. The summed E-state index contributed by atoms with van der Waals surface area (Å²) in [6, 6.07) is 5.95. The molecule has 0 saturated carbocycles. The molecule has 1 heterocycles. The molecule has 2 rings (SSSR count). The van der Waals surface area contributed by atoms with Crippen molar-refractivity contribution in [3.05, 3.63) is 36.0 Å². The van der Waals surface area contributed by atoms with Crippen LogP contribution in [0.1, 0.15) is 25.8 Å². The van der Waals surface area contributed by atoms with Crippen LogP contribution in [0.5, 0.6) is 0 Å². The Hall–Kier alpha value is -3.36. The second-order valence-electron chi connectivity index (χ2n) is 6.23. The molecule has 1 unspecified atom stereocenters. The van der Waals surface area contributed by atoms with Gasteiger partial charge in [-0.1, -0.05) is 25.1 Å². The third kappa shape index (κ3) is 6.11. The number of nitrogens with one attached hydrogen (secondary N) is 4. The molecule has 0 aliphatic carbocycles. The molecule has 0 saturated heterocycles. The maximum atomic E-state index is 12.4. The number of rotatable bonds is 8. The molecular formula is C19H24N4O5. The first kappa shape index (κ1) is 20.9. The Morgan fingerprint density at radius 1 is 1.18 bits per heavy atom. The molecule has 0 spiro atoms. The topological polar surface area (TPSA) is 129 Å². The summed E-state index contributed by atoms with van der Waals surface area (Å²) in [7, 11) is 0. The highest BCUT2D eigenvalue weighted by atomic mass is 16.5. The maximum Gasteiger partial charge on any atom is 0.329 e. The molecule has 150 valence electrons. The van der Waals surface area contributed by atoms with Crippen LogP contribution in [0.2, 0.25) is 0 Å². The number of esters is 1. The molecule has 0 aliphatic heterocycles. The number of hydrogen-bond acceptors (Lipinski definition) is 5. The van der Waals surface area contributed by atoms with E-state index in [0.29, 0.717) is 6.54 Å². The van der Waals surface area contributed by atoms with Crippen LogP contribution in [0.15, 0.2) is 30.5 Å². The van der Waals surface area contributed by atoms with Crippen molar-refractivity contribution in [3.63, 3.8) is 0 Å². The minimum absolute atomic E-state index is 0.195. The zero-order valence-corrected chi connectivity index (χ0v) is 15.8. The summed E-state index contributed by atoms with van der Waals surface area (Å²) in [5, 5.41) is 8.00. The fourth-order valence-corrected chi connectivity index (χ4v) is 2.64. The van der Waals surface area contributed by atoms with Gasteiger partial charge in [-0.05, 0) is 18.1 Å². The highest BCUT2D eigenvalue weighted by Gasteiger charge is 2.24. The van der Waals surface area contributed by atoms with Gasteiger partial charge in [0, 0.05) is 37.0 Å². The van der Waals surface area contributed by atoms with Crippen molar-refractivity contribution < 1.29 is 23.9 Å². The lowest BCUT2D eigenvalue weighted by Gasteiger charge is -2.16. The minimum Gasteiger partial charge on any atom is -0.454 e. The Labute approximate surface area is 162 Å². The lowest BCUT2D eigenvalue weighted by atomic mass is 10.0. The molecule has 0 fully saturated rings. The van der Waals surface area contributed by atoms with Crippen LogP contribution in [0.3, 0.4) is 0 Å². The van der Waals surface area contributed by atoms with Gasteiger partial charge in [-0.2, -0.15) is 0 Å². The van der Waals surface area contributed by atoms with Gasteiger partial charge in [0.05, 0.1) is 0 Å². The van der Waals surface area contributed by atoms with Crippen LogP contribution in [0.4, 0.5) is 4.79 Å². The van der Waals surface area contributed by atoms with Crippen LogP contribution in [0, 0.1) is 0 Å². The van der Waals surface area contributed by atoms with Crippen molar-refractivity contribution in [3.8, 4) is 0 Å². The number of imide groups is 1. The van der Waals surface area contributed by atoms with Crippen LogP contribution in [0.25, 0.3) is 10.9 Å². The Bertz CT molecular complexity index is 861. The van der Waals surface area contributed by atoms with Gasteiger partial charge in [0.15, 0.2) is 6.61 Å². The maximum absolute atomic E-state index is 12.4. The number of aromatic amines is 1. The van der Waals surface area contributed by atoms with E-state index < -0.39 is 36.5 Å². The predicted octanol–water partition coefficient (Wildman–Crippen LogP) is 0.994. The Morgan fingerprint density at radius 2 is 1.93 bits per heavy atom. The zero-order valence-electron chi connectivity index (χ0n) is 15.8. The van der Waals surface area contributed by atoms with Gasteiger partial charge in [0.1, 0.15) is 6.04 Å². The lowest BCUT2D eigenvalue weighted by Crippen LogP contribution is -2.45. The van der Waals surface area contributed by atoms with E-state index in [-0.39, 0.29) is 6.42 Å². The van der Waals surface area contributed by atoms with Gasteiger partial charge >= 0.3 is 12.0 Å². The number of carbonyl (C=O) groups is 4. The molecular weight excluding hydrogens is 364 g/mol. The standard InChI is InChI=1S/C19H24N4O5/c1-3-8-20-19(27)23-17(25)11-28-18(26)16(22-12(2)24)9-13-10-21-15-7-5-4-6-14(13)15/h4-7,10,16,21H,3,8-9,11H2,1-2H3,(H,22,24)(H2,20,23,25,27). The highest BCUT2D eigenvalue weighted by Crippen LogP contribution is 2.19. The number of carbonyl (C=O) groups excluding carboxylic acids is 4. The SMILES string of the molecule is CCCNC(=O)NC(=O)COC(=O)C(Cc1c[nH]c2ccccc12)NC(C)=O. The van der Waals surface area contributed by atoms with Gasteiger partial charge in [-0.3, -0.25) is 14.9 Å². The summed E-state index contributed by atoms with van der Waals surface area (Å²) in [6.45, 7) is 2.97. The minimum atomic E-state index is -0.960. The smallest absolute Gasteiger partial charge is 0.329 e. The number of aromatic nitrogens is 1. The number of para-hydroxylation sites is 1. The quantitative estimate of drug-likeness (QED) is 0.501. The van der Waals surface area contributed by atoms with Gasteiger partial charge < -0.3 is 20.4 Å². The molecule has 28 heavy (non-hydrogen) atoms. The van der Waals surface area contributed by atoms with E-state index in [0.717, 1.165) is 22.9 Å². The summed E-state index contributed by atoms with van der Waals surface area (Å²) < 4.78 is 4.98. The molecule has 2 aromatic rings. The van der Waals surface area contributed by atoms with Crippen LogP contribution < -0.4 is 16.0 Å². The van der Waals surface area contributed by atoms with E-state index >= 15 is 0 Å². The summed E-state index contributed by atoms with van der Waals surface area (Å²) in [5.74, 6) is -1.91. The van der Waals surface area contributed by atoms with E-state index in [4.69, 9.17) is 4.74 Å². The zero-order chi connectivity index (χ0) is 20.5. The van der Waals surface area contributed by atoms with Crippen molar-refractivity contribution in [2.45, 2.75) is 32.7 Å². The largest absolute Gasteiger partial charge is 0.454 e. The van der Waals surface area contributed by atoms with Gasteiger partial charge in [-0.15, -0.1) is 0 Å². The van der Waals surface area contributed by atoms with Crippen molar-refractivity contribution in [2.24, 2.45) is 0 Å². The molecule has 0 bridgehead atoms.